The molecule has 0 saturated carbocycles. The van der Waals surface area contributed by atoms with Gasteiger partial charge in [-0.25, -0.2) is 0 Å². The van der Waals surface area contributed by atoms with Crippen LogP contribution in [0.25, 0.3) is 0 Å². The summed E-state index contributed by atoms with van der Waals surface area (Å²) < 4.78 is 0. The van der Waals surface area contributed by atoms with Crippen molar-refractivity contribution in [2.24, 2.45) is 11.7 Å². The second-order valence-corrected chi connectivity index (χ2v) is 6.59. The zero-order chi connectivity index (χ0) is 17.2. The predicted octanol–water partition coefficient (Wildman–Crippen LogP) is 2.79. The molecule has 5 nitrogen and oxygen atoms in total. The summed E-state index contributed by atoms with van der Waals surface area (Å²) in [6.07, 6.45) is 3.46. The van der Waals surface area contributed by atoms with Crippen molar-refractivity contribution in [1.82, 2.24) is 5.32 Å². The van der Waals surface area contributed by atoms with Crippen molar-refractivity contribution in [3.63, 3.8) is 0 Å². The number of carbonyl (C=O) groups is 2. The normalized spacial score (nSPS) is 12.7. The Kier molecular flexibility index (Phi) is 11.5. The van der Waals surface area contributed by atoms with Crippen molar-refractivity contribution in [3.8, 4) is 0 Å². The van der Waals surface area contributed by atoms with E-state index in [1.165, 1.54) is 0 Å². The molecule has 0 aliphatic carbocycles. The van der Waals surface area contributed by atoms with Crippen LogP contribution in [0.1, 0.15) is 32.3 Å². The third kappa shape index (κ3) is 8.04. The first-order chi connectivity index (χ1) is 11.0. The third-order valence-corrected chi connectivity index (χ3v) is 4.33. The number of nitrogens with two attached hydrogens (primary N) is 1. The average molecular weight is 374 g/mol. The minimum Gasteiger partial charge on any atom is -0.351 e. The van der Waals surface area contributed by atoms with Crippen LogP contribution in [0.4, 0.5) is 5.69 Å². The molecule has 0 aliphatic rings. The Morgan fingerprint density at radius 3 is 2.62 bits per heavy atom. The van der Waals surface area contributed by atoms with E-state index in [-0.39, 0.29) is 30.1 Å². The van der Waals surface area contributed by atoms with Crippen LogP contribution in [0.2, 0.25) is 0 Å². The highest BCUT2D eigenvalue weighted by Gasteiger charge is 2.13. The first kappa shape index (κ1) is 22.8. The van der Waals surface area contributed by atoms with Gasteiger partial charge in [-0.1, -0.05) is 26.0 Å². The third-order valence-electron chi connectivity index (χ3n) is 3.69. The topological polar surface area (TPSA) is 84.2 Å². The van der Waals surface area contributed by atoms with Gasteiger partial charge in [-0.3, -0.25) is 9.59 Å². The van der Waals surface area contributed by atoms with Crippen LogP contribution in [0.15, 0.2) is 24.3 Å². The van der Waals surface area contributed by atoms with Gasteiger partial charge in [0, 0.05) is 18.2 Å². The molecule has 24 heavy (non-hydrogen) atoms. The zero-order valence-corrected chi connectivity index (χ0v) is 16.1. The van der Waals surface area contributed by atoms with Crippen LogP contribution in [-0.2, 0) is 16.1 Å². The highest BCUT2D eigenvalue weighted by Crippen LogP contribution is 2.13. The number of hydrogen-bond donors (Lipinski definition) is 3. The van der Waals surface area contributed by atoms with E-state index < -0.39 is 6.04 Å². The Hall–Kier alpha value is -1.24. The van der Waals surface area contributed by atoms with Crippen LogP contribution in [0.5, 0.6) is 0 Å². The fourth-order valence-electron chi connectivity index (χ4n) is 1.91. The van der Waals surface area contributed by atoms with Crippen molar-refractivity contribution >= 4 is 41.7 Å². The van der Waals surface area contributed by atoms with Crippen LogP contribution in [0, 0.1) is 5.92 Å². The first-order valence-corrected chi connectivity index (χ1v) is 9.29. The zero-order valence-electron chi connectivity index (χ0n) is 14.5. The van der Waals surface area contributed by atoms with Crippen LogP contribution < -0.4 is 16.4 Å². The number of carbonyl (C=O) groups excluding carboxylic acids is 2. The maximum atomic E-state index is 11.9. The van der Waals surface area contributed by atoms with E-state index in [1.807, 2.05) is 44.4 Å². The van der Waals surface area contributed by atoms with Gasteiger partial charge in [0.2, 0.25) is 11.8 Å². The summed E-state index contributed by atoms with van der Waals surface area (Å²) in [7, 11) is 0. The molecule has 1 rings (SSSR count). The van der Waals surface area contributed by atoms with Crippen LogP contribution >= 0.6 is 24.2 Å². The van der Waals surface area contributed by atoms with Crippen LogP contribution in [0.3, 0.4) is 0 Å². The van der Waals surface area contributed by atoms with Gasteiger partial charge >= 0.3 is 0 Å². The van der Waals surface area contributed by atoms with E-state index in [1.54, 1.807) is 11.8 Å². The molecule has 136 valence electrons. The molecule has 0 aromatic heterocycles. The lowest BCUT2D eigenvalue weighted by Crippen LogP contribution is -2.40. The second kappa shape index (κ2) is 12.2. The summed E-state index contributed by atoms with van der Waals surface area (Å²) in [5, 5.41) is 5.73. The molecule has 1 unspecified atom stereocenters. The van der Waals surface area contributed by atoms with Crippen LogP contribution in [-0.4, -0.2) is 29.9 Å². The number of nitrogens with one attached hydrogen (secondary N) is 2. The molecule has 0 radical (unpaired) electrons. The van der Waals surface area contributed by atoms with E-state index in [9.17, 15) is 9.59 Å². The molecule has 0 spiro atoms. The van der Waals surface area contributed by atoms with E-state index in [2.05, 4.69) is 10.6 Å². The van der Waals surface area contributed by atoms with Crippen molar-refractivity contribution in [1.29, 1.82) is 0 Å². The quantitative estimate of drug-likeness (QED) is 0.621. The highest BCUT2D eigenvalue weighted by atomic mass is 35.5. The van der Waals surface area contributed by atoms with Gasteiger partial charge in [0.25, 0.3) is 0 Å². The molecule has 0 aliphatic heterocycles. The monoisotopic (exact) mass is 373 g/mol. The molecular formula is C17H28ClN3O2S. The molecule has 7 heteroatoms. The summed E-state index contributed by atoms with van der Waals surface area (Å²) >= 11 is 1.67. The lowest BCUT2D eigenvalue weighted by molar-refractivity contribution is -0.122. The number of benzene rings is 1. The second-order valence-electron chi connectivity index (χ2n) is 5.60. The largest absolute Gasteiger partial charge is 0.351 e. The van der Waals surface area contributed by atoms with Gasteiger partial charge < -0.3 is 16.4 Å². The Bertz CT molecular complexity index is 528. The number of hydrogen-bond acceptors (Lipinski definition) is 4. The molecule has 0 bridgehead atoms. The van der Waals surface area contributed by atoms with Gasteiger partial charge in [-0.05, 0) is 42.5 Å². The molecule has 0 fully saturated rings. The van der Waals surface area contributed by atoms with Gasteiger partial charge in [0.05, 0.1) is 6.04 Å². The SMILES string of the molecule is CCC(C)C(=O)Nc1cccc(CNC(=O)[C@@H](N)CCSC)c1.Cl. The fourth-order valence-corrected chi connectivity index (χ4v) is 2.40. The van der Waals surface area contributed by atoms with Gasteiger partial charge in [0.15, 0.2) is 0 Å². The number of rotatable bonds is 9. The van der Waals surface area contributed by atoms with Gasteiger partial charge in [-0.15, -0.1) is 12.4 Å². The first-order valence-electron chi connectivity index (χ1n) is 7.90. The molecule has 0 heterocycles. The molecule has 1 aromatic carbocycles. The summed E-state index contributed by atoms with van der Waals surface area (Å²) in [4.78, 5) is 23.8. The number of thioether (sulfide) groups is 1. The Morgan fingerprint density at radius 1 is 1.29 bits per heavy atom. The van der Waals surface area contributed by atoms with Gasteiger partial charge in [0.1, 0.15) is 0 Å². The lowest BCUT2D eigenvalue weighted by atomic mass is 10.1. The van der Waals surface area contributed by atoms with E-state index in [4.69, 9.17) is 5.73 Å². The number of halogens is 1. The molecular weight excluding hydrogens is 346 g/mol. The van der Waals surface area contributed by atoms with E-state index >= 15 is 0 Å². The maximum Gasteiger partial charge on any atom is 0.237 e. The summed E-state index contributed by atoms with van der Waals surface area (Å²) in [5.41, 5.74) is 7.50. The highest BCUT2D eigenvalue weighted by molar-refractivity contribution is 7.98. The molecule has 2 amide bonds. The Morgan fingerprint density at radius 2 is 2.00 bits per heavy atom. The van der Waals surface area contributed by atoms with Crippen molar-refractivity contribution < 1.29 is 9.59 Å². The Labute approximate surface area is 154 Å². The fraction of sp³-hybridized carbons (Fsp3) is 0.529. The standard InChI is InChI=1S/C17H27N3O2S.ClH/c1-4-12(2)16(21)20-14-7-5-6-13(10-14)11-19-17(22)15(18)8-9-23-3;/h5-7,10,12,15H,4,8-9,11,18H2,1-3H3,(H,19,22)(H,20,21);1H/t12?,15-;/m0./s1. The average Bonchev–Trinajstić information content (AvgIpc) is 2.56. The Balaban J connectivity index is 0.00000529. The number of anilines is 1. The minimum absolute atomic E-state index is 0. The van der Waals surface area contributed by atoms with E-state index in [0.29, 0.717) is 13.0 Å². The maximum absolute atomic E-state index is 11.9. The molecule has 0 saturated heterocycles. The van der Waals surface area contributed by atoms with Crippen molar-refractivity contribution in [2.45, 2.75) is 39.3 Å². The molecule has 1 aromatic rings. The molecule has 4 N–H and O–H groups in total. The van der Waals surface area contributed by atoms with Gasteiger partial charge in [-0.2, -0.15) is 11.8 Å². The van der Waals surface area contributed by atoms with E-state index in [0.717, 1.165) is 23.4 Å². The lowest BCUT2D eigenvalue weighted by Gasteiger charge is -2.13. The summed E-state index contributed by atoms with van der Waals surface area (Å²) in [6.45, 7) is 4.28. The summed E-state index contributed by atoms with van der Waals surface area (Å²) in [5.74, 6) is 0.708. The van der Waals surface area contributed by atoms with Crippen molar-refractivity contribution in [3.05, 3.63) is 29.8 Å². The number of amides is 2. The summed E-state index contributed by atoms with van der Waals surface area (Å²) in [6, 6.07) is 7.01. The molecule has 2 atom stereocenters. The van der Waals surface area contributed by atoms with Crippen molar-refractivity contribution in [2.75, 3.05) is 17.3 Å². The predicted molar refractivity (Wildman–Crippen MR) is 105 cm³/mol. The smallest absolute Gasteiger partial charge is 0.237 e. The minimum atomic E-state index is -0.476.